The molecule has 3 atom stereocenters. The number of rotatable bonds is 10. The van der Waals surface area contributed by atoms with Crippen LogP contribution in [-0.2, 0) is 33.9 Å². The van der Waals surface area contributed by atoms with Crippen LogP contribution in [0.2, 0.25) is 5.02 Å². The number of para-hydroxylation sites is 1. The van der Waals surface area contributed by atoms with Gasteiger partial charge in [-0.15, -0.1) is 0 Å². The van der Waals surface area contributed by atoms with E-state index in [9.17, 15) is 14.4 Å². The number of aromatic nitrogens is 2. The highest BCUT2D eigenvalue weighted by Gasteiger charge is 2.34. The van der Waals surface area contributed by atoms with Crippen molar-refractivity contribution in [2.45, 2.75) is 79.7 Å². The first kappa shape index (κ1) is 40.0. The second kappa shape index (κ2) is 19.2. The van der Waals surface area contributed by atoms with Gasteiger partial charge < -0.3 is 37.3 Å². The number of nitrogens with two attached hydrogens (primary N) is 2. The summed E-state index contributed by atoms with van der Waals surface area (Å²) in [5.74, 6) is -1.00. The molecule has 288 valence electrons. The number of hydrogen-bond donors (Lipinski definition) is 6. The van der Waals surface area contributed by atoms with Crippen molar-refractivity contribution in [3.8, 4) is 11.1 Å². The van der Waals surface area contributed by atoms with E-state index in [2.05, 4.69) is 20.9 Å². The highest BCUT2D eigenvalue weighted by Crippen LogP contribution is 2.42. The molecule has 1 aliphatic heterocycles. The van der Waals surface area contributed by atoms with E-state index in [0.29, 0.717) is 61.8 Å². The molecule has 0 radical (unpaired) electrons. The maximum atomic E-state index is 14.5. The lowest BCUT2D eigenvalue weighted by Crippen LogP contribution is -2.57. The van der Waals surface area contributed by atoms with Gasteiger partial charge in [0.25, 0.3) is 0 Å². The molecule has 0 bridgehead atoms. The van der Waals surface area contributed by atoms with Crippen LogP contribution in [0.15, 0.2) is 101 Å². The number of fused-ring (bicyclic) bond motifs is 3. The van der Waals surface area contributed by atoms with Gasteiger partial charge >= 0.3 is 0 Å². The summed E-state index contributed by atoms with van der Waals surface area (Å²) < 4.78 is 0. The van der Waals surface area contributed by atoms with Crippen LogP contribution in [-0.4, -0.2) is 70.9 Å². The van der Waals surface area contributed by atoms with Crippen molar-refractivity contribution < 1.29 is 14.4 Å². The topological polar surface area (TPSA) is 171 Å². The molecule has 8 N–H and O–H groups in total. The van der Waals surface area contributed by atoms with Gasteiger partial charge in [0.2, 0.25) is 17.7 Å². The van der Waals surface area contributed by atoms with Crippen LogP contribution >= 0.6 is 23.4 Å². The zero-order chi connectivity index (χ0) is 38.7. The number of aromatic amines is 1. The van der Waals surface area contributed by atoms with E-state index >= 15 is 0 Å². The summed E-state index contributed by atoms with van der Waals surface area (Å²) in [6.45, 7) is 1.35. The monoisotopic (exact) mass is 780 g/mol. The number of likely N-dealkylation sites (N-methyl/N-ethyl adjacent to an activating group) is 1. The SMILES string of the molecule is CN1C(=O)C(CCCCN)NC(=O)[C@@H](CCCN)NCc2cccnc2Sc2c(ccc(-c3ccccc3)c2Cl)CNC(=O)[C@@H]1Cc1c[nH]c2ccccc12. The molecule has 0 saturated heterocycles. The van der Waals surface area contributed by atoms with E-state index in [1.54, 1.807) is 13.2 Å². The van der Waals surface area contributed by atoms with Gasteiger partial charge in [0.1, 0.15) is 17.1 Å². The number of nitrogens with zero attached hydrogens (tertiary/aromatic N) is 2. The van der Waals surface area contributed by atoms with E-state index in [1.165, 1.54) is 16.7 Å². The van der Waals surface area contributed by atoms with Crippen molar-refractivity contribution in [3.63, 3.8) is 0 Å². The third-order valence-electron chi connectivity index (χ3n) is 10.1. The standard InChI is InChI=1S/C42H49ClN8O3S/c1-51-36(23-30-26-47-33-15-6-5-14-31(30)33)40(53)49-24-28-18-19-32(27-11-3-2-4-12-27)37(43)38(28)55-41-29(13-10-22-46-41)25-48-34(17-9-21-45)39(52)50-35(42(51)54)16-7-8-20-44/h2-6,10-15,18-19,22,26,34-36,47-48H,7-9,16-17,20-21,23-25,44-45H2,1H3,(H,49,53)(H,50,52)/t34-,35?,36+/m1/s1. The minimum Gasteiger partial charge on any atom is -0.361 e. The molecular weight excluding hydrogens is 732 g/mol. The van der Waals surface area contributed by atoms with Gasteiger partial charge in [0, 0.05) is 60.3 Å². The maximum Gasteiger partial charge on any atom is 0.245 e. The predicted molar refractivity (Wildman–Crippen MR) is 219 cm³/mol. The Bertz CT molecular complexity index is 2090. The Hall–Kier alpha value is -4.72. The van der Waals surface area contributed by atoms with Crippen molar-refractivity contribution in [2.75, 3.05) is 20.1 Å². The third-order valence-corrected chi connectivity index (χ3v) is 11.8. The molecule has 3 aromatic carbocycles. The quantitative estimate of drug-likeness (QED) is 0.100. The number of nitrogens with one attached hydrogen (secondary N) is 4. The predicted octanol–water partition coefficient (Wildman–Crippen LogP) is 5.54. The molecule has 11 nitrogen and oxygen atoms in total. The molecule has 1 unspecified atom stereocenters. The zero-order valence-corrected chi connectivity index (χ0v) is 32.6. The molecule has 0 spiro atoms. The normalized spacial score (nSPS) is 18.7. The minimum atomic E-state index is -0.903. The number of carbonyl (C=O) groups excluding carboxylic acids is 3. The van der Waals surface area contributed by atoms with Crippen molar-refractivity contribution in [3.05, 3.63) is 113 Å². The fourth-order valence-electron chi connectivity index (χ4n) is 6.95. The summed E-state index contributed by atoms with van der Waals surface area (Å²) in [6.07, 6.45) is 6.60. The van der Waals surface area contributed by atoms with Crippen LogP contribution in [0, 0.1) is 0 Å². The van der Waals surface area contributed by atoms with E-state index < -0.39 is 18.1 Å². The lowest BCUT2D eigenvalue weighted by Gasteiger charge is -2.32. The summed E-state index contributed by atoms with van der Waals surface area (Å²) in [6, 6.07) is 23.1. The second-order valence-corrected chi connectivity index (χ2v) is 15.2. The number of unbranched alkanes of at least 4 members (excludes halogenated alkanes) is 1. The number of amides is 3. The lowest BCUT2D eigenvalue weighted by atomic mass is 10.0. The van der Waals surface area contributed by atoms with E-state index in [1.807, 2.05) is 85.1 Å². The Morgan fingerprint density at radius 3 is 2.40 bits per heavy atom. The van der Waals surface area contributed by atoms with Gasteiger partial charge in [-0.25, -0.2) is 4.98 Å². The van der Waals surface area contributed by atoms with Gasteiger partial charge in [-0.05, 0) is 79.6 Å². The first-order valence-electron chi connectivity index (χ1n) is 18.8. The van der Waals surface area contributed by atoms with E-state index in [0.717, 1.165) is 43.6 Å². The molecule has 2 aromatic heterocycles. The molecular formula is C42H49ClN8O3S. The molecule has 6 rings (SSSR count). The largest absolute Gasteiger partial charge is 0.361 e. The molecule has 0 fully saturated rings. The first-order chi connectivity index (χ1) is 26.8. The number of halogens is 1. The highest BCUT2D eigenvalue weighted by atomic mass is 35.5. The molecule has 13 heteroatoms. The average Bonchev–Trinajstić information content (AvgIpc) is 3.62. The number of H-pyrrole nitrogens is 1. The Balaban J connectivity index is 1.44. The van der Waals surface area contributed by atoms with Gasteiger partial charge in [0.15, 0.2) is 0 Å². The number of carbonyl (C=O) groups is 3. The fourth-order valence-corrected chi connectivity index (χ4v) is 8.41. The molecule has 3 amide bonds. The molecule has 5 aromatic rings. The Morgan fingerprint density at radius 1 is 0.836 bits per heavy atom. The second-order valence-electron chi connectivity index (χ2n) is 13.8. The molecule has 3 heterocycles. The van der Waals surface area contributed by atoms with Crippen LogP contribution in [0.4, 0.5) is 0 Å². The van der Waals surface area contributed by atoms with Gasteiger partial charge in [0.05, 0.1) is 11.1 Å². The van der Waals surface area contributed by atoms with Crippen molar-refractivity contribution in [1.29, 1.82) is 0 Å². The van der Waals surface area contributed by atoms with Crippen molar-refractivity contribution >= 4 is 52.0 Å². The maximum absolute atomic E-state index is 14.5. The first-order valence-corrected chi connectivity index (χ1v) is 20.0. The number of benzene rings is 3. The number of pyridine rings is 1. The lowest BCUT2D eigenvalue weighted by molar-refractivity contribution is -0.142. The van der Waals surface area contributed by atoms with Gasteiger partial charge in [-0.1, -0.05) is 90.1 Å². The number of hydrogen-bond acceptors (Lipinski definition) is 8. The van der Waals surface area contributed by atoms with Crippen LogP contribution in [0.3, 0.4) is 0 Å². The van der Waals surface area contributed by atoms with Crippen LogP contribution in [0.5, 0.6) is 0 Å². The minimum absolute atomic E-state index is 0.153. The highest BCUT2D eigenvalue weighted by molar-refractivity contribution is 7.99. The molecule has 55 heavy (non-hydrogen) atoms. The zero-order valence-electron chi connectivity index (χ0n) is 31.0. The van der Waals surface area contributed by atoms with Crippen molar-refractivity contribution in [2.24, 2.45) is 11.5 Å². The van der Waals surface area contributed by atoms with E-state index in [-0.39, 0.29) is 30.7 Å². The van der Waals surface area contributed by atoms with Crippen LogP contribution in [0.25, 0.3) is 22.0 Å². The van der Waals surface area contributed by atoms with Gasteiger partial charge in [-0.2, -0.15) is 0 Å². The van der Waals surface area contributed by atoms with E-state index in [4.69, 9.17) is 28.1 Å². The summed E-state index contributed by atoms with van der Waals surface area (Å²) in [5.41, 5.74) is 17.0. The Labute approximate surface area is 331 Å². The van der Waals surface area contributed by atoms with Crippen molar-refractivity contribution in [1.82, 2.24) is 30.8 Å². The van der Waals surface area contributed by atoms with Crippen LogP contribution in [0.1, 0.15) is 48.8 Å². The third kappa shape index (κ3) is 9.75. The summed E-state index contributed by atoms with van der Waals surface area (Å²) in [4.78, 5) is 53.3. The Morgan fingerprint density at radius 2 is 1.60 bits per heavy atom. The average molecular weight is 781 g/mol. The summed E-state index contributed by atoms with van der Waals surface area (Å²) >= 11 is 8.69. The smallest absolute Gasteiger partial charge is 0.245 e. The molecule has 0 aliphatic carbocycles. The summed E-state index contributed by atoms with van der Waals surface area (Å²) in [5, 5.41) is 11.9. The summed E-state index contributed by atoms with van der Waals surface area (Å²) in [7, 11) is 1.64. The van der Waals surface area contributed by atoms with Crippen LogP contribution < -0.4 is 27.4 Å². The van der Waals surface area contributed by atoms with Gasteiger partial charge in [-0.3, -0.25) is 14.4 Å². The molecule has 1 aliphatic rings. The fraction of sp³-hybridized carbons (Fsp3) is 0.333. The molecule has 0 saturated carbocycles. The Kier molecular flexibility index (Phi) is 14.0.